The number of aromatic hydroxyl groups is 1. The van der Waals surface area contributed by atoms with E-state index in [-0.39, 0.29) is 5.75 Å². The molecule has 1 aromatic carbocycles. The minimum atomic E-state index is 0.179. The van der Waals surface area contributed by atoms with Gasteiger partial charge in [0.05, 0.1) is 11.0 Å². The van der Waals surface area contributed by atoms with Gasteiger partial charge < -0.3 is 5.11 Å². The second-order valence-corrected chi connectivity index (χ2v) is 5.25. The summed E-state index contributed by atoms with van der Waals surface area (Å²) in [5.41, 5.74) is 0.691. The predicted molar refractivity (Wildman–Crippen MR) is 76.0 cm³/mol. The Morgan fingerprint density at radius 1 is 1.22 bits per heavy atom. The zero-order valence-electron chi connectivity index (χ0n) is 9.22. The van der Waals surface area contributed by atoms with Crippen LogP contribution in [0, 0.1) is 0 Å². The minimum absolute atomic E-state index is 0.179. The number of halogens is 2. The summed E-state index contributed by atoms with van der Waals surface area (Å²) < 4.78 is 1.50. The highest BCUT2D eigenvalue weighted by Gasteiger charge is 2.06. The Morgan fingerprint density at radius 3 is 2.78 bits per heavy atom. The van der Waals surface area contributed by atoms with E-state index < -0.39 is 0 Å². The van der Waals surface area contributed by atoms with E-state index in [0.717, 1.165) is 4.47 Å². The molecule has 1 aromatic heterocycles. The lowest BCUT2D eigenvalue weighted by Crippen LogP contribution is -1.84. The van der Waals surface area contributed by atoms with Crippen LogP contribution < -0.4 is 0 Å². The Hall–Kier alpha value is -1.27. The van der Waals surface area contributed by atoms with Crippen molar-refractivity contribution in [1.29, 1.82) is 0 Å². The molecule has 0 fully saturated rings. The molecule has 0 saturated carbocycles. The molecular formula is C12H9Br2N3O. The summed E-state index contributed by atoms with van der Waals surface area (Å²) in [6, 6.07) is 9.00. The zero-order valence-corrected chi connectivity index (χ0v) is 12.4. The van der Waals surface area contributed by atoms with Gasteiger partial charge in [0.15, 0.2) is 5.82 Å². The van der Waals surface area contributed by atoms with Gasteiger partial charge in [-0.15, -0.1) is 5.11 Å². The number of nitrogens with zero attached hydrogens (tertiary/aromatic N) is 3. The van der Waals surface area contributed by atoms with Crippen LogP contribution in [0.25, 0.3) is 0 Å². The quantitative estimate of drug-likeness (QED) is 0.803. The molecule has 0 saturated heterocycles. The molecule has 18 heavy (non-hydrogen) atoms. The second kappa shape index (κ2) is 6.06. The molecule has 0 bridgehead atoms. The average molecular weight is 371 g/mol. The van der Waals surface area contributed by atoms with E-state index in [2.05, 4.69) is 47.1 Å². The van der Waals surface area contributed by atoms with E-state index in [1.54, 1.807) is 24.4 Å². The molecule has 2 rings (SSSR count). The molecular weight excluding hydrogens is 362 g/mol. The van der Waals surface area contributed by atoms with Crippen molar-refractivity contribution in [2.75, 3.05) is 0 Å². The molecule has 0 radical (unpaired) electrons. The Bertz CT molecular complexity index is 573. The van der Waals surface area contributed by atoms with Crippen molar-refractivity contribution in [3.63, 3.8) is 0 Å². The van der Waals surface area contributed by atoms with E-state index in [9.17, 15) is 5.11 Å². The van der Waals surface area contributed by atoms with Crippen molar-refractivity contribution in [2.45, 2.75) is 6.54 Å². The number of phenols is 1. The standard InChI is InChI=1S/C12H9Br2N3O/c13-9-5-8(12(18)10(14)6-9)7-16-17-11-3-1-2-4-15-11/h1-6,18H,7H2. The molecule has 0 aliphatic heterocycles. The maximum Gasteiger partial charge on any atom is 0.173 e. The van der Waals surface area contributed by atoms with Crippen molar-refractivity contribution in [2.24, 2.45) is 10.2 Å². The first-order chi connectivity index (χ1) is 8.66. The van der Waals surface area contributed by atoms with Crippen LogP contribution in [0.15, 0.2) is 55.7 Å². The van der Waals surface area contributed by atoms with Crippen LogP contribution in [0.1, 0.15) is 5.56 Å². The lowest BCUT2D eigenvalue weighted by atomic mass is 10.2. The first kappa shape index (κ1) is 13.2. The molecule has 2 aromatic rings. The van der Waals surface area contributed by atoms with Gasteiger partial charge in [-0.2, -0.15) is 5.11 Å². The number of benzene rings is 1. The first-order valence-corrected chi connectivity index (χ1v) is 6.71. The lowest BCUT2D eigenvalue weighted by molar-refractivity contribution is 0.464. The number of rotatable bonds is 3. The fourth-order valence-corrected chi connectivity index (χ4v) is 2.65. The highest BCUT2D eigenvalue weighted by atomic mass is 79.9. The monoisotopic (exact) mass is 369 g/mol. The van der Waals surface area contributed by atoms with E-state index >= 15 is 0 Å². The van der Waals surface area contributed by atoms with Gasteiger partial charge in [-0.3, -0.25) is 0 Å². The zero-order chi connectivity index (χ0) is 13.0. The molecule has 6 heteroatoms. The molecule has 92 valence electrons. The van der Waals surface area contributed by atoms with Gasteiger partial charge in [0.2, 0.25) is 0 Å². The fourth-order valence-electron chi connectivity index (χ4n) is 1.34. The number of hydrogen-bond donors (Lipinski definition) is 1. The molecule has 4 nitrogen and oxygen atoms in total. The van der Waals surface area contributed by atoms with Crippen molar-refractivity contribution < 1.29 is 5.11 Å². The maximum atomic E-state index is 9.83. The Balaban J connectivity index is 2.14. The average Bonchev–Trinajstić information content (AvgIpc) is 2.36. The number of hydrogen-bond acceptors (Lipinski definition) is 4. The molecule has 0 atom stereocenters. The predicted octanol–water partition coefficient (Wildman–Crippen LogP) is 4.60. The number of pyridine rings is 1. The molecule has 1 heterocycles. The summed E-state index contributed by atoms with van der Waals surface area (Å²) in [6.07, 6.45) is 1.65. The van der Waals surface area contributed by atoms with Crippen molar-refractivity contribution in [1.82, 2.24) is 4.98 Å². The number of phenolic OH excluding ortho intramolecular Hbond substituents is 1. The Morgan fingerprint density at radius 2 is 2.06 bits per heavy atom. The first-order valence-electron chi connectivity index (χ1n) is 5.12. The van der Waals surface area contributed by atoms with Crippen molar-refractivity contribution in [3.05, 3.63) is 51.0 Å². The Labute approximate surface area is 121 Å². The number of azo groups is 1. The van der Waals surface area contributed by atoms with Crippen LogP contribution in [0.2, 0.25) is 0 Å². The van der Waals surface area contributed by atoms with Gasteiger partial charge in [-0.1, -0.05) is 22.0 Å². The van der Waals surface area contributed by atoms with Crippen LogP contribution >= 0.6 is 31.9 Å². The van der Waals surface area contributed by atoms with Crippen LogP contribution in [-0.2, 0) is 6.54 Å². The van der Waals surface area contributed by atoms with Crippen LogP contribution in [0.3, 0.4) is 0 Å². The third kappa shape index (κ3) is 3.36. The highest BCUT2D eigenvalue weighted by Crippen LogP contribution is 2.32. The summed E-state index contributed by atoms with van der Waals surface area (Å²) in [4.78, 5) is 4.03. The topological polar surface area (TPSA) is 57.8 Å². The van der Waals surface area contributed by atoms with Gasteiger partial charge in [-0.05, 0) is 40.2 Å². The van der Waals surface area contributed by atoms with Crippen LogP contribution in [0.5, 0.6) is 5.75 Å². The largest absolute Gasteiger partial charge is 0.506 e. The number of aromatic nitrogens is 1. The summed E-state index contributed by atoms with van der Waals surface area (Å²) in [5.74, 6) is 0.726. The summed E-state index contributed by atoms with van der Waals surface area (Å²) >= 11 is 6.63. The molecule has 0 spiro atoms. The Kier molecular flexibility index (Phi) is 4.43. The summed E-state index contributed by atoms with van der Waals surface area (Å²) in [6.45, 7) is 0.292. The van der Waals surface area contributed by atoms with Crippen LogP contribution in [-0.4, -0.2) is 10.1 Å². The smallest absolute Gasteiger partial charge is 0.173 e. The van der Waals surface area contributed by atoms with Gasteiger partial charge in [0, 0.05) is 16.2 Å². The molecule has 0 amide bonds. The summed E-state index contributed by atoms with van der Waals surface area (Å²) in [5, 5.41) is 17.8. The third-order valence-electron chi connectivity index (χ3n) is 2.17. The molecule has 0 aliphatic rings. The van der Waals surface area contributed by atoms with E-state index in [4.69, 9.17) is 0 Å². The fraction of sp³-hybridized carbons (Fsp3) is 0.0833. The van der Waals surface area contributed by atoms with Gasteiger partial charge >= 0.3 is 0 Å². The van der Waals surface area contributed by atoms with Crippen LogP contribution in [0.4, 0.5) is 5.82 Å². The van der Waals surface area contributed by atoms with Crippen molar-refractivity contribution >= 4 is 37.7 Å². The molecule has 1 N–H and O–H groups in total. The lowest BCUT2D eigenvalue weighted by Gasteiger charge is -2.04. The summed E-state index contributed by atoms with van der Waals surface area (Å²) in [7, 11) is 0. The molecule has 0 aliphatic carbocycles. The third-order valence-corrected chi connectivity index (χ3v) is 3.23. The van der Waals surface area contributed by atoms with E-state index in [1.807, 2.05) is 12.1 Å². The SMILES string of the molecule is Oc1c(Br)cc(Br)cc1CN=Nc1ccccn1. The maximum absolute atomic E-state index is 9.83. The van der Waals surface area contributed by atoms with E-state index in [1.165, 1.54) is 0 Å². The highest BCUT2D eigenvalue weighted by molar-refractivity contribution is 9.11. The normalized spacial score (nSPS) is 11.0. The van der Waals surface area contributed by atoms with Gasteiger partial charge in [0.1, 0.15) is 5.75 Å². The van der Waals surface area contributed by atoms with Crippen molar-refractivity contribution in [3.8, 4) is 5.75 Å². The van der Waals surface area contributed by atoms with Gasteiger partial charge in [0.25, 0.3) is 0 Å². The van der Waals surface area contributed by atoms with Gasteiger partial charge in [-0.25, -0.2) is 4.98 Å². The minimum Gasteiger partial charge on any atom is -0.506 e. The second-order valence-electron chi connectivity index (χ2n) is 3.48. The molecule has 0 unspecified atom stereocenters. The van der Waals surface area contributed by atoms with E-state index in [0.29, 0.717) is 22.4 Å².